The van der Waals surface area contributed by atoms with Gasteiger partial charge in [-0.25, -0.2) is 0 Å². The molecule has 0 aliphatic carbocycles. The van der Waals surface area contributed by atoms with Crippen LogP contribution in [0.3, 0.4) is 0 Å². The molecule has 1 unspecified atom stereocenters. The zero-order valence-corrected chi connectivity index (χ0v) is 15.8. The third-order valence-corrected chi connectivity index (χ3v) is 5.91. The topological polar surface area (TPSA) is 77.1 Å². The van der Waals surface area contributed by atoms with Gasteiger partial charge in [-0.3, -0.25) is 9.97 Å². The Morgan fingerprint density at radius 1 is 1.23 bits per heavy atom. The van der Waals surface area contributed by atoms with E-state index in [2.05, 4.69) is 33.7 Å². The van der Waals surface area contributed by atoms with E-state index in [0.29, 0.717) is 10.9 Å². The first-order chi connectivity index (χ1) is 12.6. The molecule has 0 amide bonds. The van der Waals surface area contributed by atoms with E-state index in [1.807, 2.05) is 30.5 Å². The number of H-pyrrole nitrogens is 1. The fourth-order valence-electron chi connectivity index (χ4n) is 3.41. The molecule has 1 saturated heterocycles. The number of hydrogen-bond acceptors (Lipinski definition) is 5. The molecule has 0 saturated carbocycles. The Bertz CT molecular complexity index is 888. The minimum Gasteiger partial charge on any atom is -0.609 e. The van der Waals surface area contributed by atoms with Crippen molar-refractivity contribution in [1.29, 1.82) is 0 Å². The largest absolute Gasteiger partial charge is 0.609 e. The first-order valence-electron chi connectivity index (χ1n) is 8.74. The number of aryl methyl sites for hydroxylation is 1. The number of imidazole rings is 1. The Balaban J connectivity index is 1.61. The molecular formula is C19H22N4O2S. The highest BCUT2D eigenvalue weighted by atomic mass is 32.2. The van der Waals surface area contributed by atoms with Crippen LogP contribution in [0.15, 0.2) is 35.6 Å². The average molecular weight is 370 g/mol. The molecule has 0 spiro atoms. The second kappa shape index (κ2) is 7.26. The number of para-hydroxylation sites is 2. The molecule has 1 atom stereocenters. The van der Waals surface area contributed by atoms with Gasteiger partial charge < -0.3 is 14.2 Å². The Morgan fingerprint density at radius 3 is 2.77 bits per heavy atom. The van der Waals surface area contributed by atoms with Crippen LogP contribution < -0.4 is 4.90 Å². The van der Waals surface area contributed by atoms with E-state index in [9.17, 15) is 4.55 Å². The molecule has 4 rings (SSSR count). The number of aromatic nitrogens is 3. The van der Waals surface area contributed by atoms with Crippen molar-refractivity contribution in [3.63, 3.8) is 0 Å². The maximum absolute atomic E-state index is 12.9. The summed E-state index contributed by atoms with van der Waals surface area (Å²) in [6, 6.07) is 7.72. The molecule has 0 radical (unpaired) electrons. The van der Waals surface area contributed by atoms with Crippen LogP contribution in [0.25, 0.3) is 11.0 Å². The molecule has 1 aliphatic heterocycles. The second-order valence-electron chi connectivity index (χ2n) is 6.51. The molecule has 136 valence electrons. The fraction of sp³-hybridized carbons (Fsp3) is 0.368. The van der Waals surface area contributed by atoms with Crippen molar-refractivity contribution in [3.8, 4) is 0 Å². The molecular weight excluding hydrogens is 348 g/mol. The number of fused-ring (bicyclic) bond motifs is 1. The van der Waals surface area contributed by atoms with Crippen LogP contribution in [0.4, 0.5) is 5.69 Å². The number of pyridine rings is 1. The van der Waals surface area contributed by atoms with Gasteiger partial charge in [0.25, 0.3) is 0 Å². The maximum Gasteiger partial charge on any atom is 0.322 e. The quantitative estimate of drug-likeness (QED) is 0.715. The molecule has 3 heterocycles. The number of benzene rings is 1. The lowest BCUT2D eigenvalue weighted by Gasteiger charge is -2.31. The summed E-state index contributed by atoms with van der Waals surface area (Å²) >= 11 is -1.27. The summed E-state index contributed by atoms with van der Waals surface area (Å²) in [5.74, 6) is 0.350. The van der Waals surface area contributed by atoms with E-state index in [1.165, 1.54) is 5.69 Å². The highest BCUT2D eigenvalue weighted by Gasteiger charge is 2.23. The lowest BCUT2D eigenvalue weighted by Crippen LogP contribution is -2.37. The molecule has 3 aromatic rings. The molecule has 7 heteroatoms. The van der Waals surface area contributed by atoms with Crippen LogP contribution in [0.5, 0.6) is 0 Å². The Hall–Kier alpha value is -2.09. The third-order valence-electron chi connectivity index (χ3n) is 4.75. The molecule has 1 N–H and O–H groups in total. The molecule has 2 aromatic heterocycles. The highest BCUT2D eigenvalue weighted by molar-refractivity contribution is 7.90. The van der Waals surface area contributed by atoms with E-state index < -0.39 is 11.2 Å². The number of aromatic amines is 1. The normalized spacial score (nSPS) is 16.2. The van der Waals surface area contributed by atoms with Crippen molar-refractivity contribution in [2.75, 3.05) is 31.2 Å². The van der Waals surface area contributed by atoms with Crippen LogP contribution in [-0.4, -0.2) is 45.8 Å². The van der Waals surface area contributed by atoms with E-state index in [0.717, 1.165) is 54.2 Å². The van der Waals surface area contributed by atoms with E-state index in [-0.39, 0.29) is 0 Å². The molecule has 6 nitrogen and oxygen atoms in total. The summed E-state index contributed by atoms with van der Waals surface area (Å²) in [5, 5.41) is 0.501. The standard InChI is InChI=1S/C19H22N4O2S/c1-13-11-20-17(14(2)18(13)23-7-9-25-10-8-23)12-26(24)19-21-15-5-3-4-6-16(15)22-19/h3-6,11H,7-10,12H2,1-2H3,(H,21,22). The average Bonchev–Trinajstić information content (AvgIpc) is 3.09. The van der Waals surface area contributed by atoms with Gasteiger partial charge >= 0.3 is 5.16 Å². The van der Waals surface area contributed by atoms with Crippen molar-refractivity contribution in [2.45, 2.75) is 24.8 Å². The maximum atomic E-state index is 12.9. The van der Waals surface area contributed by atoms with Crippen molar-refractivity contribution in [2.24, 2.45) is 0 Å². The first kappa shape index (κ1) is 17.3. The molecule has 1 fully saturated rings. The van der Waals surface area contributed by atoms with E-state index >= 15 is 0 Å². The third kappa shape index (κ3) is 3.30. The summed E-state index contributed by atoms with van der Waals surface area (Å²) in [7, 11) is 0. The van der Waals surface area contributed by atoms with E-state index in [1.54, 1.807) is 0 Å². The summed E-state index contributed by atoms with van der Waals surface area (Å²) < 4.78 is 18.3. The zero-order chi connectivity index (χ0) is 18.1. The van der Waals surface area contributed by atoms with Gasteiger partial charge in [0.2, 0.25) is 0 Å². The van der Waals surface area contributed by atoms with Gasteiger partial charge in [0.1, 0.15) is 0 Å². The zero-order valence-electron chi connectivity index (χ0n) is 15.0. The lowest BCUT2D eigenvalue weighted by atomic mass is 10.1. The Morgan fingerprint density at radius 2 is 2.00 bits per heavy atom. The van der Waals surface area contributed by atoms with Gasteiger partial charge in [-0.1, -0.05) is 12.1 Å². The lowest BCUT2D eigenvalue weighted by molar-refractivity contribution is 0.122. The van der Waals surface area contributed by atoms with Gasteiger partial charge in [-0.2, -0.15) is 4.98 Å². The number of anilines is 1. The van der Waals surface area contributed by atoms with E-state index in [4.69, 9.17) is 4.74 Å². The SMILES string of the molecule is Cc1cnc(C[S+]([O-])c2nc3ccccc3[nH]2)c(C)c1N1CCOCC1. The van der Waals surface area contributed by atoms with Crippen molar-refractivity contribution in [3.05, 3.63) is 47.3 Å². The predicted octanol–water partition coefficient (Wildman–Crippen LogP) is 2.72. The molecule has 1 aromatic carbocycles. The van der Waals surface area contributed by atoms with Crippen LogP contribution in [0.1, 0.15) is 16.8 Å². The van der Waals surface area contributed by atoms with Crippen molar-refractivity contribution >= 4 is 27.9 Å². The van der Waals surface area contributed by atoms with Gasteiger partial charge in [0, 0.05) is 36.1 Å². The minimum atomic E-state index is -1.27. The monoisotopic (exact) mass is 370 g/mol. The number of ether oxygens (including phenoxy) is 1. The fourth-order valence-corrected chi connectivity index (χ4v) is 4.51. The number of nitrogens with one attached hydrogen (secondary N) is 1. The summed E-state index contributed by atoms with van der Waals surface area (Å²) in [4.78, 5) is 14.5. The molecule has 0 bridgehead atoms. The predicted molar refractivity (Wildman–Crippen MR) is 103 cm³/mol. The summed E-state index contributed by atoms with van der Waals surface area (Å²) in [6.07, 6.45) is 1.88. The smallest absolute Gasteiger partial charge is 0.322 e. The van der Waals surface area contributed by atoms with Crippen LogP contribution in [0, 0.1) is 13.8 Å². The summed E-state index contributed by atoms with van der Waals surface area (Å²) in [5.41, 5.74) is 6.02. The van der Waals surface area contributed by atoms with Crippen LogP contribution in [-0.2, 0) is 21.7 Å². The van der Waals surface area contributed by atoms with Crippen molar-refractivity contribution < 1.29 is 9.29 Å². The molecule has 1 aliphatic rings. The number of hydrogen-bond donors (Lipinski definition) is 1. The van der Waals surface area contributed by atoms with Crippen LogP contribution >= 0.6 is 0 Å². The van der Waals surface area contributed by atoms with Gasteiger partial charge in [0.15, 0.2) is 5.75 Å². The first-order valence-corrected chi connectivity index (χ1v) is 10.1. The Labute approximate surface area is 155 Å². The van der Waals surface area contributed by atoms with Gasteiger partial charge in [0.05, 0.1) is 29.9 Å². The number of morpholine rings is 1. The van der Waals surface area contributed by atoms with Crippen LogP contribution in [0.2, 0.25) is 0 Å². The molecule has 26 heavy (non-hydrogen) atoms. The van der Waals surface area contributed by atoms with Gasteiger partial charge in [-0.15, -0.1) is 0 Å². The van der Waals surface area contributed by atoms with Gasteiger partial charge in [-0.05, 0) is 37.1 Å². The Kier molecular flexibility index (Phi) is 4.84. The minimum absolute atomic E-state index is 0.350. The second-order valence-corrected chi connectivity index (χ2v) is 7.88. The highest BCUT2D eigenvalue weighted by Crippen LogP contribution is 2.29. The van der Waals surface area contributed by atoms with Crippen molar-refractivity contribution in [1.82, 2.24) is 15.0 Å². The summed E-state index contributed by atoms with van der Waals surface area (Å²) in [6.45, 7) is 7.36. The number of nitrogens with zero attached hydrogens (tertiary/aromatic N) is 3. The number of rotatable bonds is 4.